The van der Waals surface area contributed by atoms with E-state index in [0.29, 0.717) is 19.6 Å². The molecule has 0 aliphatic heterocycles. The van der Waals surface area contributed by atoms with E-state index in [1.54, 1.807) is 18.6 Å². The number of benzene rings is 1. The Balaban J connectivity index is 1.36. The van der Waals surface area contributed by atoms with Crippen LogP contribution in [0.2, 0.25) is 0 Å². The van der Waals surface area contributed by atoms with Crippen molar-refractivity contribution in [3.63, 3.8) is 0 Å². The van der Waals surface area contributed by atoms with Crippen LogP contribution in [0.25, 0.3) is 11.1 Å². The molecule has 0 aliphatic carbocycles. The molecule has 6 heteroatoms. The van der Waals surface area contributed by atoms with E-state index in [2.05, 4.69) is 32.8 Å². The number of urea groups is 1. The Hall–Kier alpha value is -3.15. The molecule has 0 unspecified atom stereocenters. The summed E-state index contributed by atoms with van der Waals surface area (Å²) in [5.74, 6) is 0. The van der Waals surface area contributed by atoms with Crippen LogP contribution in [0, 0.1) is 0 Å². The van der Waals surface area contributed by atoms with Gasteiger partial charge in [-0.05, 0) is 18.1 Å². The Morgan fingerprint density at radius 3 is 2.60 bits per heavy atom. The van der Waals surface area contributed by atoms with Crippen molar-refractivity contribution >= 4 is 6.03 Å². The number of carbonyl (C=O) groups excluding carboxylic acids is 1. The number of amides is 2. The highest BCUT2D eigenvalue weighted by Gasteiger charge is 2.03. The Morgan fingerprint density at radius 1 is 0.960 bits per heavy atom. The molecule has 0 aliphatic rings. The van der Waals surface area contributed by atoms with Gasteiger partial charge in [-0.1, -0.05) is 36.4 Å². The van der Waals surface area contributed by atoms with Crippen molar-refractivity contribution in [1.82, 2.24) is 25.4 Å². The van der Waals surface area contributed by atoms with E-state index in [4.69, 9.17) is 0 Å². The van der Waals surface area contributed by atoms with Crippen molar-refractivity contribution in [2.24, 2.45) is 0 Å². The Labute approximate surface area is 146 Å². The second-order valence-corrected chi connectivity index (χ2v) is 5.65. The number of nitrogens with one attached hydrogen (secondary N) is 2. The first-order valence-corrected chi connectivity index (χ1v) is 8.30. The van der Waals surface area contributed by atoms with Gasteiger partial charge in [0.15, 0.2) is 0 Å². The molecule has 25 heavy (non-hydrogen) atoms. The van der Waals surface area contributed by atoms with Gasteiger partial charge in [0.2, 0.25) is 0 Å². The van der Waals surface area contributed by atoms with Gasteiger partial charge in [-0.2, -0.15) is 5.10 Å². The molecular weight excluding hydrogens is 314 g/mol. The van der Waals surface area contributed by atoms with Crippen LogP contribution in [-0.4, -0.2) is 33.9 Å². The van der Waals surface area contributed by atoms with E-state index in [9.17, 15) is 4.79 Å². The molecule has 1 aromatic carbocycles. The maximum atomic E-state index is 11.8. The lowest BCUT2D eigenvalue weighted by atomic mass is 10.1. The summed E-state index contributed by atoms with van der Waals surface area (Å²) in [7, 11) is 0. The summed E-state index contributed by atoms with van der Waals surface area (Å²) in [5.41, 5.74) is 3.25. The van der Waals surface area contributed by atoms with E-state index >= 15 is 0 Å². The van der Waals surface area contributed by atoms with E-state index in [1.807, 2.05) is 41.2 Å². The van der Waals surface area contributed by atoms with Crippen LogP contribution in [0.15, 0.2) is 67.3 Å². The normalized spacial score (nSPS) is 10.4. The van der Waals surface area contributed by atoms with Gasteiger partial charge in [0.05, 0.1) is 12.7 Å². The molecule has 2 N–H and O–H groups in total. The first-order valence-electron chi connectivity index (χ1n) is 8.30. The fourth-order valence-electron chi connectivity index (χ4n) is 2.48. The maximum Gasteiger partial charge on any atom is 0.314 e. The van der Waals surface area contributed by atoms with Crippen LogP contribution in [-0.2, 0) is 13.0 Å². The summed E-state index contributed by atoms with van der Waals surface area (Å²) < 4.78 is 1.81. The lowest BCUT2D eigenvalue weighted by Gasteiger charge is -2.07. The standard InChI is InChI=1S/C19H21N5O/c25-19(21-10-8-16-5-2-1-3-6-16)22-11-12-24-15-18(14-23-24)17-7-4-9-20-13-17/h1-7,9,13-15H,8,10-12H2,(H2,21,22,25). The zero-order chi connectivity index (χ0) is 17.3. The maximum absolute atomic E-state index is 11.8. The molecule has 0 saturated heterocycles. The zero-order valence-electron chi connectivity index (χ0n) is 13.9. The predicted octanol–water partition coefficient (Wildman–Crippen LogP) is 2.49. The molecule has 6 nitrogen and oxygen atoms in total. The molecule has 0 saturated carbocycles. The van der Waals surface area contributed by atoms with Crippen molar-refractivity contribution in [3.05, 3.63) is 72.8 Å². The molecule has 2 aromatic heterocycles. The fourth-order valence-corrected chi connectivity index (χ4v) is 2.48. The summed E-state index contributed by atoms with van der Waals surface area (Å²) in [6, 6.07) is 13.8. The molecule has 0 spiro atoms. The average Bonchev–Trinajstić information content (AvgIpc) is 3.12. The van der Waals surface area contributed by atoms with E-state index in [1.165, 1.54) is 5.56 Å². The van der Waals surface area contributed by atoms with Crippen LogP contribution in [0.5, 0.6) is 0 Å². The molecule has 0 fully saturated rings. The van der Waals surface area contributed by atoms with E-state index < -0.39 is 0 Å². The monoisotopic (exact) mass is 335 g/mol. The molecule has 3 aromatic rings. The summed E-state index contributed by atoms with van der Waals surface area (Å²) in [5, 5.41) is 10.0. The number of nitrogens with zero attached hydrogens (tertiary/aromatic N) is 3. The number of hydrogen-bond donors (Lipinski definition) is 2. The zero-order valence-corrected chi connectivity index (χ0v) is 13.9. The summed E-state index contributed by atoms with van der Waals surface area (Å²) in [6.07, 6.45) is 8.12. The van der Waals surface area contributed by atoms with Crippen molar-refractivity contribution < 1.29 is 4.79 Å². The molecule has 0 atom stereocenters. The van der Waals surface area contributed by atoms with Crippen molar-refractivity contribution in [2.75, 3.05) is 13.1 Å². The van der Waals surface area contributed by atoms with Gasteiger partial charge in [-0.15, -0.1) is 0 Å². The van der Waals surface area contributed by atoms with Crippen LogP contribution < -0.4 is 10.6 Å². The highest BCUT2D eigenvalue weighted by Crippen LogP contribution is 2.16. The topological polar surface area (TPSA) is 71.8 Å². The van der Waals surface area contributed by atoms with Gasteiger partial charge in [0.1, 0.15) is 0 Å². The van der Waals surface area contributed by atoms with Gasteiger partial charge in [-0.3, -0.25) is 9.67 Å². The molecule has 2 heterocycles. The molecular formula is C19H21N5O. The Bertz CT molecular complexity index is 786. The highest BCUT2D eigenvalue weighted by molar-refractivity contribution is 5.73. The van der Waals surface area contributed by atoms with Crippen LogP contribution in [0.1, 0.15) is 5.56 Å². The first-order chi connectivity index (χ1) is 12.3. The van der Waals surface area contributed by atoms with Crippen LogP contribution >= 0.6 is 0 Å². The second kappa shape index (κ2) is 8.63. The van der Waals surface area contributed by atoms with Crippen molar-refractivity contribution in [1.29, 1.82) is 0 Å². The van der Waals surface area contributed by atoms with Crippen LogP contribution in [0.4, 0.5) is 4.79 Å². The lowest BCUT2D eigenvalue weighted by molar-refractivity contribution is 0.240. The number of carbonyl (C=O) groups is 1. The minimum absolute atomic E-state index is 0.157. The fraction of sp³-hybridized carbons (Fsp3) is 0.211. The molecule has 128 valence electrons. The van der Waals surface area contributed by atoms with Gasteiger partial charge >= 0.3 is 6.03 Å². The van der Waals surface area contributed by atoms with Gasteiger partial charge in [0.25, 0.3) is 0 Å². The summed E-state index contributed by atoms with van der Waals surface area (Å²) in [4.78, 5) is 15.9. The highest BCUT2D eigenvalue weighted by atomic mass is 16.2. The molecule has 0 bridgehead atoms. The van der Waals surface area contributed by atoms with Gasteiger partial charge < -0.3 is 10.6 Å². The molecule has 2 amide bonds. The number of pyridine rings is 1. The third kappa shape index (κ3) is 5.17. The summed E-state index contributed by atoms with van der Waals surface area (Å²) in [6.45, 7) is 1.75. The quantitative estimate of drug-likeness (QED) is 0.697. The number of aromatic nitrogens is 3. The first kappa shape index (κ1) is 16.7. The average molecular weight is 335 g/mol. The van der Waals surface area contributed by atoms with Crippen LogP contribution in [0.3, 0.4) is 0 Å². The smallest absolute Gasteiger partial charge is 0.314 e. The van der Waals surface area contributed by atoms with Gasteiger partial charge in [-0.25, -0.2) is 4.79 Å². The third-order valence-corrected chi connectivity index (χ3v) is 3.80. The predicted molar refractivity (Wildman–Crippen MR) is 97.0 cm³/mol. The van der Waals surface area contributed by atoms with Crippen molar-refractivity contribution in [3.8, 4) is 11.1 Å². The number of rotatable bonds is 7. The number of hydrogen-bond acceptors (Lipinski definition) is 3. The minimum atomic E-state index is -0.157. The lowest BCUT2D eigenvalue weighted by Crippen LogP contribution is -2.38. The molecule has 3 rings (SSSR count). The van der Waals surface area contributed by atoms with Gasteiger partial charge in [0, 0.05) is 42.8 Å². The summed E-state index contributed by atoms with van der Waals surface area (Å²) >= 11 is 0. The van der Waals surface area contributed by atoms with E-state index in [-0.39, 0.29) is 6.03 Å². The van der Waals surface area contributed by atoms with E-state index in [0.717, 1.165) is 17.5 Å². The molecule has 0 radical (unpaired) electrons. The Kier molecular flexibility index (Phi) is 5.77. The van der Waals surface area contributed by atoms with Crippen molar-refractivity contribution in [2.45, 2.75) is 13.0 Å². The second-order valence-electron chi connectivity index (χ2n) is 5.65. The SMILES string of the molecule is O=C(NCCc1ccccc1)NCCn1cc(-c2cccnc2)cn1. The Morgan fingerprint density at radius 2 is 1.80 bits per heavy atom. The minimum Gasteiger partial charge on any atom is -0.338 e. The third-order valence-electron chi connectivity index (χ3n) is 3.80. The largest absolute Gasteiger partial charge is 0.338 e.